The highest BCUT2D eigenvalue weighted by Gasteiger charge is 2.48. The number of rotatable bonds is 16. The summed E-state index contributed by atoms with van der Waals surface area (Å²) in [4.78, 5) is 21.2. The number of piperazine rings is 1. The number of nitrogens with one attached hydrogen (secondary N) is 2. The molecule has 7 rings (SSSR count). The first kappa shape index (κ1) is 47.8. The van der Waals surface area contributed by atoms with Gasteiger partial charge in [0, 0.05) is 98.4 Å². The summed E-state index contributed by atoms with van der Waals surface area (Å²) in [5, 5.41) is 3.70. The van der Waals surface area contributed by atoms with Crippen molar-refractivity contribution in [3.63, 3.8) is 0 Å². The van der Waals surface area contributed by atoms with E-state index in [9.17, 15) is 34.8 Å². The highest BCUT2D eigenvalue weighted by atomic mass is 35.5. The molecule has 12 nitrogen and oxygen atoms in total. The summed E-state index contributed by atoms with van der Waals surface area (Å²) in [6.45, 7) is 8.81. The average molecular weight is 962 g/mol. The summed E-state index contributed by atoms with van der Waals surface area (Å²) in [6, 6.07) is 25.7. The molecule has 64 heavy (non-hydrogen) atoms. The van der Waals surface area contributed by atoms with Gasteiger partial charge in [0.1, 0.15) is 4.90 Å². The van der Waals surface area contributed by atoms with Crippen molar-refractivity contribution in [3.05, 3.63) is 119 Å². The second-order valence-corrected chi connectivity index (χ2v) is 21.3. The topological polar surface area (TPSA) is 132 Å². The Hall–Kier alpha value is -4.14. The fourth-order valence-electron chi connectivity index (χ4n) is 8.05. The van der Waals surface area contributed by atoms with Crippen molar-refractivity contribution in [3.8, 4) is 0 Å². The Kier molecular flexibility index (Phi) is 15.7. The number of thioether (sulfide) groups is 1. The Morgan fingerprint density at radius 2 is 1.53 bits per heavy atom. The number of amides is 1. The van der Waals surface area contributed by atoms with Crippen LogP contribution in [0.4, 0.5) is 24.5 Å². The molecule has 0 radical (unpaired) electrons. The van der Waals surface area contributed by atoms with Crippen LogP contribution in [0.2, 0.25) is 5.02 Å². The van der Waals surface area contributed by atoms with Gasteiger partial charge in [-0.25, -0.2) is 21.6 Å². The van der Waals surface area contributed by atoms with Crippen LogP contribution in [0.5, 0.6) is 0 Å². The quantitative estimate of drug-likeness (QED) is 0.113. The minimum absolute atomic E-state index is 0.00510. The van der Waals surface area contributed by atoms with Crippen LogP contribution < -0.4 is 14.9 Å². The van der Waals surface area contributed by atoms with Crippen LogP contribution >= 0.6 is 23.4 Å². The van der Waals surface area contributed by atoms with Crippen LogP contribution in [0, 0.1) is 0 Å². The summed E-state index contributed by atoms with van der Waals surface area (Å²) in [6.07, 6.45) is 1.41. The normalized spacial score (nSPS) is 17.9. The van der Waals surface area contributed by atoms with E-state index in [4.69, 9.17) is 16.3 Å². The third-order valence-electron chi connectivity index (χ3n) is 11.6. The molecular formula is C45H52ClF3N6O6S3. The SMILES string of the molecule is CN1CCC(c2ccc(Cl)cc2)=C(CN2CCN(c3ccc(C(=O)NS(=O)(=O)c4ccc(N[C@H](CCN5CCOCC5)CSc5ccccc5)c(S(=O)(=O)C(F)(F)F)c4)cc3)CC2)C1. The Balaban J connectivity index is 1.02. The van der Waals surface area contributed by atoms with E-state index in [1.54, 1.807) is 12.1 Å². The van der Waals surface area contributed by atoms with Crippen molar-refractivity contribution in [2.24, 2.45) is 0 Å². The molecule has 0 saturated carbocycles. The molecule has 2 saturated heterocycles. The van der Waals surface area contributed by atoms with Gasteiger partial charge in [-0.1, -0.05) is 41.9 Å². The standard InChI is InChI=1S/C45H52ClF3N6O6S3/c1-52-19-18-41(33-7-11-36(46)12-8-33)35(30-52)31-54-21-23-55(24-22-54)38-13-9-34(10-14-38)44(56)51-64(59,60)40-15-16-42(43(29-40)63(57,58)45(47,48)49)50-37(17-20-53-25-27-61-28-26-53)32-62-39-5-3-2-4-6-39/h2-16,29,37,50H,17-28,30-32H2,1H3,(H,51,56)/t37-/m1/s1. The maximum Gasteiger partial charge on any atom is 0.501 e. The van der Waals surface area contributed by atoms with Gasteiger partial charge in [-0.2, -0.15) is 13.2 Å². The number of carbonyl (C=O) groups is 1. The van der Waals surface area contributed by atoms with Crippen LogP contribution in [0.3, 0.4) is 0 Å². The van der Waals surface area contributed by atoms with Crippen molar-refractivity contribution < 1.29 is 39.5 Å². The minimum Gasteiger partial charge on any atom is -0.380 e. The van der Waals surface area contributed by atoms with Crippen molar-refractivity contribution >= 4 is 66.1 Å². The van der Waals surface area contributed by atoms with Gasteiger partial charge in [-0.05, 0) is 103 Å². The van der Waals surface area contributed by atoms with Gasteiger partial charge in [0.2, 0.25) is 0 Å². The Labute approximate surface area is 382 Å². The molecular weight excluding hydrogens is 909 g/mol. The second-order valence-electron chi connectivity index (χ2n) is 16.1. The Morgan fingerprint density at radius 1 is 0.844 bits per heavy atom. The number of nitrogens with zero attached hydrogens (tertiary/aromatic N) is 4. The summed E-state index contributed by atoms with van der Waals surface area (Å²) < 4.78 is 103. The van der Waals surface area contributed by atoms with Crippen LogP contribution in [-0.2, 0) is 24.6 Å². The molecule has 2 N–H and O–H groups in total. The van der Waals surface area contributed by atoms with Gasteiger partial charge in [-0.3, -0.25) is 14.6 Å². The van der Waals surface area contributed by atoms with Crippen molar-refractivity contribution in [1.29, 1.82) is 0 Å². The summed E-state index contributed by atoms with van der Waals surface area (Å²) >= 11 is 7.61. The van der Waals surface area contributed by atoms with E-state index in [1.165, 1.54) is 40.6 Å². The number of halogens is 4. The van der Waals surface area contributed by atoms with Gasteiger partial charge >= 0.3 is 5.51 Å². The lowest BCUT2D eigenvalue weighted by atomic mass is 9.93. The number of likely N-dealkylation sites (N-methyl/N-ethyl adjacent to an activating group) is 1. The van der Waals surface area contributed by atoms with E-state index in [0.29, 0.717) is 56.1 Å². The van der Waals surface area contributed by atoms with Crippen molar-refractivity contribution in [2.75, 3.05) is 102 Å². The fourth-order valence-corrected chi connectivity index (χ4v) is 11.2. The van der Waals surface area contributed by atoms with Gasteiger partial charge in [-0.15, -0.1) is 11.8 Å². The molecule has 1 atom stereocenters. The molecule has 19 heteroatoms. The number of sulfone groups is 1. The predicted molar refractivity (Wildman–Crippen MR) is 246 cm³/mol. The summed E-state index contributed by atoms with van der Waals surface area (Å²) in [5.74, 6) is -0.657. The number of carbonyl (C=O) groups excluding carboxylic acids is 1. The third kappa shape index (κ3) is 12.2. The number of hydrogen-bond acceptors (Lipinski definition) is 12. The van der Waals surface area contributed by atoms with Gasteiger partial charge in [0.25, 0.3) is 25.8 Å². The first-order chi connectivity index (χ1) is 30.6. The molecule has 0 bridgehead atoms. The van der Waals surface area contributed by atoms with E-state index in [0.717, 1.165) is 74.9 Å². The first-order valence-electron chi connectivity index (χ1n) is 21.1. The Bertz CT molecular complexity index is 2490. The van der Waals surface area contributed by atoms with E-state index in [2.05, 4.69) is 44.1 Å². The lowest BCUT2D eigenvalue weighted by Crippen LogP contribution is -2.47. The number of benzene rings is 4. The molecule has 2 fully saturated rings. The van der Waals surface area contributed by atoms with Crippen LogP contribution in [0.25, 0.3) is 5.57 Å². The molecule has 0 spiro atoms. The average Bonchev–Trinajstić information content (AvgIpc) is 3.28. The van der Waals surface area contributed by atoms with Crippen molar-refractivity contribution in [1.82, 2.24) is 19.4 Å². The van der Waals surface area contributed by atoms with Crippen LogP contribution in [-0.4, -0.2) is 140 Å². The number of hydrogen-bond donors (Lipinski definition) is 2. The van der Waals surface area contributed by atoms with Crippen LogP contribution in [0.1, 0.15) is 28.8 Å². The van der Waals surface area contributed by atoms with Gasteiger partial charge < -0.3 is 19.9 Å². The first-order valence-corrected chi connectivity index (χ1v) is 25.4. The lowest BCUT2D eigenvalue weighted by Gasteiger charge is -2.38. The predicted octanol–water partition coefficient (Wildman–Crippen LogP) is 6.96. The number of sulfonamides is 1. The molecule has 3 heterocycles. The van der Waals surface area contributed by atoms with E-state index < -0.39 is 52.8 Å². The van der Waals surface area contributed by atoms with E-state index >= 15 is 0 Å². The zero-order valence-electron chi connectivity index (χ0n) is 35.4. The van der Waals surface area contributed by atoms with Crippen LogP contribution in [0.15, 0.2) is 117 Å². The number of morpholine rings is 1. The maximum absolute atomic E-state index is 14.2. The molecule has 0 aromatic heterocycles. The largest absolute Gasteiger partial charge is 0.501 e. The maximum atomic E-state index is 14.2. The number of ether oxygens (including phenoxy) is 1. The third-order valence-corrected chi connectivity index (χ3v) is 15.9. The fraction of sp³-hybridized carbons (Fsp3) is 0.400. The van der Waals surface area contributed by atoms with Crippen molar-refractivity contribution in [2.45, 2.75) is 39.1 Å². The molecule has 0 unspecified atom stereocenters. The highest BCUT2D eigenvalue weighted by Crippen LogP contribution is 2.37. The Morgan fingerprint density at radius 3 is 2.20 bits per heavy atom. The molecule has 3 aliphatic heterocycles. The molecule has 4 aromatic rings. The smallest absolute Gasteiger partial charge is 0.380 e. The van der Waals surface area contributed by atoms with E-state index in [-0.39, 0.29) is 5.56 Å². The zero-order valence-corrected chi connectivity index (χ0v) is 38.6. The highest BCUT2D eigenvalue weighted by molar-refractivity contribution is 7.99. The molecule has 4 aromatic carbocycles. The van der Waals surface area contributed by atoms with E-state index in [1.807, 2.05) is 47.2 Å². The molecule has 0 aliphatic carbocycles. The summed E-state index contributed by atoms with van der Waals surface area (Å²) in [7, 11) is -8.76. The molecule has 3 aliphatic rings. The van der Waals surface area contributed by atoms with Gasteiger partial charge in [0.05, 0.1) is 23.8 Å². The molecule has 1 amide bonds. The molecule has 344 valence electrons. The number of anilines is 2. The number of alkyl halides is 3. The van der Waals surface area contributed by atoms with Gasteiger partial charge in [0.15, 0.2) is 0 Å². The summed E-state index contributed by atoms with van der Waals surface area (Å²) in [5.41, 5.74) is -1.36. The zero-order chi connectivity index (χ0) is 45.5. The minimum atomic E-state index is -6.05. The lowest BCUT2D eigenvalue weighted by molar-refractivity contribution is -0.0435. The second kappa shape index (κ2) is 21.0. The monoisotopic (exact) mass is 960 g/mol.